The van der Waals surface area contributed by atoms with Crippen LogP contribution in [-0.2, 0) is 6.61 Å². The third kappa shape index (κ3) is 5.88. The number of hydrogen-bond donors (Lipinski definition) is 1. The SMILES string of the molecule is COc1cc(/C=N\NC(=O)c2ccc(N3CCCC3)cc2)ccc1OCc1cccc(F)c1. The van der Waals surface area contributed by atoms with E-state index in [1.165, 1.54) is 31.2 Å². The molecule has 4 rings (SSSR count). The van der Waals surface area contributed by atoms with Gasteiger partial charge in [0.1, 0.15) is 12.4 Å². The molecule has 0 unspecified atom stereocenters. The van der Waals surface area contributed by atoms with Crippen molar-refractivity contribution in [2.45, 2.75) is 19.4 Å². The van der Waals surface area contributed by atoms with Crippen molar-refractivity contribution in [1.29, 1.82) is 0 Å². The number of hydrazone groups is 1. The molecular formula is C26H26FN3O3. The molecule has 1 saturated heterocycles. The fourth-order valence-electron chi connectivity index (χ4n) is 3.70. The highest BCUT2D eigenvalue weighted by Gasteiger charge is 2.13. The maximum Gasteiger partial charge on any atom is 0.271 e. The quantitative estimate of drug-likeness (QED) is 0.399. The van der Waals surface area contributed by atoms with Crippen molar-refractivity contribution in [1.82, 2.24) is 5.43 Å². The molecule has 1 heterocycles. The standard InChI is InChI=1S/C26H26FN3O3/c1-32-25-16-19(7-12-24(25)33-18-20-5-4-6-22(27)15-20)17-28-29-26(31)21-8-10-23(11-9-21)30-13-2-3-14-30/h4-12,15-17H,2-3,13-14,18H2,1H3,(H,29,31)/b28-17-. The summed E-state index contributed by atoms with van der Waals surface area (Å²) < 4.78 is 24.5. The van der Waals surface area contributed by atoms with Gasteiger partial charge in [-0.2, -0.15) is 5.10 Å². The Kier molecular flexibility index (Phi) is 7.19. The van der Waals surface area contributed by atoms with Crippen molar-refractivity contribution < 1.29 is 18.7 Å². The summed E-state index contributed by atoms with van der Waals surface area (Å²) in [6.45, 7) is 2.34. The molecule has 1 aliphatic rings. The van der Waals surface area contributed by atoms with Gasteiger partial charge in [0.15, 0.2) is 11.5 Å². The van der Waals surface area contributed by atoms with Crippen molar-refractivity contribution in [3.8, 4) is 11.5 Å². The Morgan fingerprint density at radius 1 is 1.06 bits per heavy atom. The first kappa shape index (κ1) is 22.3. The summed E-state index contributed by atoms with van der Waals surface area (Å²) in [5, 5.41) is 4.05. The molecule has 1 N–H and O–H groups in total. The van der Waals surface area contributed by atoms with E-state index < -0.39 is 0 Å². The number of amides is 1. The average molecular weight is 448 g/mol. The Bertz CT molecular complexity index is 1130. The zero-order valence-corrected chi connectivity index (χ0v) is 18.5. The Morgan fingerprint density at radius 2 is 1.85 bits per heavy atom. The number of carbonyl (C=O) groups excluding carboxylic acids is 1. The molecule has 3 aromatic carbocycles. The topological polar surface area (TPSA) is 63.2 Å². The van der Waals surface area contributed by atoms with Crippen molar-refractivity contribution >= 4 is 17.8 Å². The van der Waals surface area contributed by atoms with Crippen LogP contribution in [0.2, 0.25) is 0 Å². The Hall–Kier alpha value is -3.87. The summed E-state index contributed by atoms with van der Waals surface area (Å²) in [6.07, 6.45) is 3.96. The van der Waals surface area contributed by atoms with E-state index in [0.29, 0.717) is 17.1 Å². The van der Waals surface area contributed by atoms with E-state index in [-0.39, 0.29) is 18.3 Å². The Balaban J connectivity index is 1.34. The maximum atomic E-state index is 13.3. The lowest BCUT2D eigenvalue weighted by Crippen LogP contribution is -2.19. The van der Waals surface area contributed by atoms with Crippen LogP contribution in [0.4, 0.5) is 10.1 Å². The van der Waals surface area contributed by atoms with E-state index in [0.717, 1.165) is 29.9 Å². The summed E-state index contributed by atoms with van der Waals surface area (Å²) >= 11 is 0. The van der Waals surface area contributed by atoms with Gasteiger partial charge in [-0.25, -0.2) is 9.82 Å². The number of hydrogen-bond acceptors (Lipinski definition) is 5. The van der Waals surface area contributed by atoms with Gasteiger partial charge in [-0.3, -0.25) is 4.79 Å². The minimum absolute atomic E-state index is 0.216. The Labute approximate surface area is 192 Å². The van der Waals surface area contributed by atoms with Crippen LogP contribution in [0.3, 0.4) is 0 Å². The highest BCUT2D eigenvalue weighted by Crippen LogP contribution is 2.28. The summed E-state index contributed by atoms with van der Waals surface area (Å²) in [4.78, 5) is 14.7. The van der Waals surface area contributed by atoms with Crippen molar-refractivity contribution in [2.24, 2.45) is 5.10 Å². The molecular weight excluding hydrogens is 421 g/mol. The lowest BCUT2D eigenvalue weighted by atomic mass is 10.2. The molecule has 0 atom stereocenters. The summed E-state index contributed by atoms with van der Waals surface area (Å²) in [6, 6.07) is 19.1. The summed E-state index contributed by atoms with van der Waals surface area (Å²) in [5.74, 6) is 0.459. The highest BCUT2D eigenvalue weighted by molar-refractivity contribution is 5.95. The van der Waals surface area contributed by atoms with E-state index in [1.807, 2.05) is 24.3 Å². The maximum absolute atomic E-state index is 13.3. The second kappa shape index (κ2) is 10.6. The second-order valence-corrected chi connectivity index (χ2v) is 7.77. The number of nitrogens with one attached hydrogen (secondary N) is 1. The average Bonchev–Trinajstić information content (AvgIpc) is 3.38. The summed E-state index contributed by atoms with van der Waals surface area (Å²) in [7, 11) is 1.54. The number of ether oxygens (including phenoxy) is 2. The minimum atomic E-state index is -0.306. The zero-order chi connectivity index (χ0) is 23.0. The van der Waals surface area contributed by atoms with Crippen LogP contribution in [-0.4, -0.2) is 32.3 Å². The lowest BCUT2D eigenvalue weighted by molar-refractivity contribution is 0.0955. The molecule has 1 aliphatic heterocycles. The van der Waals surface area contributed by atoms with Gasteiger partial charge in [-0.15, -0.1) is 0 Å². The lowest BCUT2D eigenvalue weighted by Gasteiger charge is -2.17. The fraction of sp³-hybridized carbons (Fsp3) is 0.231. The van der Waals surface area contributed by atoms with Crippen LogP contribution >= 0.6 is 0 Å². The van der Waals surface area contributed by atoms with Crippen LogP contribution in [0.15, 0.2) is 71.8 Å². The van der Waals surface area contributed by atoms with Gasteiger partial charge in [0.05, 0.1) is 13.3 Å². The molecule has 6 nitrogen and oxygen atoms in total. The number of benzene rings is 3. The molecule has 0 aliphatic carbocycles. The van der Waals surface area contributed by atoms with Crippen LogP contribution in [0, 0.1) is 5.82 Å². The fourth-order valence-corrected chi connectivity index (χ4v) is 3.70. The van der Waals surface area contributed by atoms with Crippen molar-refractivity contribution in [2.75, 3.05) is 25.1 Å². The first-order chi connectivity index (χ1) is 16.1. The molecule has 0 saturated carbocycles. The van der Waals surface area contributed by atoms with E-state index in [2.05, 4.69) is 15.4 Å². The van der Waals surface area contributed by atoms with Gasteiger partial charge in [0.25, 0.3) is 5.91 Å². The molecule has 0 aromatic heterocycles. The molecule has 1 fully saturated rings. The molecule has 0 radical (unpaired) electrons. The number of methoxy groups -OCH3 is 1. The predicted molar refractivity (Wildman–Crippen MR) is 127 cm³/mol. The smallest absolute Gasteiger partial charge is 0.271 e. The zero-order valence-electron chi connectivity index (χ0n) is 18.5. The first-order valence-corrected chi connectivity index (χ1v) is 10.9. The Morgan fingerprint density at radius 3 is 2.58 bits per heavy atom. The highest BCUT2D eigenvalue weighted by atomic mass is 19.1. The van der Waals surface area contributed by atoms with Gasteiger partial charge in [-0.1, -0.05) is 12.1 Å². The number of anilines is 1. The number of carbonyl (C=O) groups is 1. The predicted octanol–water partition coefficient (Wildman–Crippen LogP) is 4.78. The van der Waals surface area contributed by atoms with E-state index in [9.17, 15) is 9.18 Å². The third-order valence-electron chi connectivity index (χ3n) is 5.45. The van der Waals surface area contributed by atoms with Crippen LogP contribution in [0.25, 0.3) is 0 Å². The second-order valence-electron chi connectivity index (χ2n) is 7.77. The van der Waals surface area contributed by atoms with Gasteiger partial charge in [0, 0.05) is 24.3 Å². The molecule has 33 heavy (non-hydrogen) atoms. The van der Waals surface area contributed by atoms with Gasteiger partial charge < -0.3 is 14.4 Å². The number of halogens is 1. The molecule has 170 valence electrons. The first-order valence-electron chi connectivity index (χ1n) is 10.9. The van der Waals surface area contributed by atoms with E-state index in [1.54, 1.807) is 37.4 Å². The van der Waals surface area contributed by atoms with Gasteiger partial charge in [0.2, 0.25) is 0 Å². The van der Waals surface area contributed by atoms with Crippen LogP contribution in [0.5, 0.6) is 11.5 Å². The molecule has 3 aromatic rings. The minimum Gasteiger partial charge on any atom is -0.493 e. The molecule has 0 bridgehead atoms. The van der Waals surface area contributed by atoms with Crippen molar-refractivity contribution in [3.63, 3.8) is 0 Å². The van der Waals surface area contributed by atoms with Gasteiger partial charge in [-0.05, 0) is 78.6 Å². The van der Waals surface area contributed by atoms with Gasteiger partial charge >= 0.3 is 0 Å². The monoisotopic (exact) mass is 447 g/mol. The van der Waals surface area contributed by atoms with Crippen LogP contribution in [0.1, 0.15) is 34.3 Å². The molecule has 7 heteroatoms. The molecule has 0 spiro atoms. The van der Waals surface area contributed by atoms with E-state index >= 15 is 0 Å². The molecule has 1 amide bonds. The normalized spacial score (nSPS) is 13.3. The number of nitrogens with zero attached hydrogens (tertiary/aromatic N) is 2. The number of rotatable bonds is 8. The summed E-state index contributed by atoms with van der Waals surface area (Å²) in [5.41, 5.74) is 5.69. The van der Waals surface area contributed by atoms with Crippen molar-refractivity contribution in [3.05, 3.63) is 89.2 Å². The van der Waals surface area contributed by atoms with Crippen LogP contribution < -0.4 is 19.8 Å². The van der Waals surface area contributed by atoms with E-state index in [4.69, 9.17) is 9.47 Å². The largest absolute Gasteiger partial charge is 0.493 e. The third-order valence-corrected chi connectivity index (χ3v) is 5.45.